The number of primary amides is 1. The first kappa shape index (κ1) is 14.9. The van der Waals surface area contributed by atoms with Crippen LogP contribution in [-0.2, 0) is 4.79 Å². The molecule has 1 fully saturated rings. The molecule has 2 N–H and O–H groups in total. The first-order chi connectivity index (χ1) is 7.56. The lowest BCUT2D eigenvalue weighted by atomic mass is 9.90. The Bertz CT molecular complexity index is 257. The van der Waals surface area contributed by atoms with Gasteiger partial charge in [-0.15, -0.1) is 6.58 Å². The molecule has 0 aromatic carbocycles. The summed E-state index contributed by atoms with van der Waals surface area (Å²) in [5.41, 5.74) is 5.07. The topological polar surface area (TPSA) is 43.1 Å². The van der Waals surface area contributed by atoms with Gasteiger partial charge < -0.3 is 5.73 Å². The lowest BCUT2D eigenvalue weighted by Gasteiger charge is -2.15. The molecule has 4 unspecified atom stereocenters. The van der Waals surface area contributed by atoms with Crippen molar-refractivity contribution in [3.8, 4) is 0 Å². The van der Waals surface area contributed by atoms with Crippen molar-refractivity contribution in [2.24, 2.45) is 29.4 Å². The Hall–Kier alpha value is -1.05. The molecule has 2 heteroatoms. The number of amides is 1. The maximum absolute atomic E-state index is 10.6. The summed E-state index contributed by atoms with van der Waals surface area (Å²) in [5.74, 6) is 1.95. The molecule has 0 bridgehead atoms. The van der Waals surface area contributed by atoms with E-state index in [9.17, 15) is 4.79 Å². The predicted molar refractivity (Wildman–Crippen MR) is 69.8 cm³/mol. The van der Waals surface area contributed by atoms with Gasteiger partial charge in [0.2, 0.25) is 5.91 Å². The van der Waals surface area contributed by atoms with E-state index >= 15 is 0 Å². The third-order valence-electron chi connectivity index (χ3n) is 3.53. The van der Waals surface area contributed by atoms with Crippen LogP contribution in [0.3, 0.4) is 0 Å². The van der Waals surface area contributed by atoms with Crippen molar-refractivity contribution >= 4 is 5.91 Å². The van der Waals surface area contributed by atoms with Crippen molar-refractivity contribution in [3.63, 3.8) is 0 Å². The molecule has 1 aliphatic rings. The zero-order chi connectivity index (χ0) is 12.7. The van der Waals surface area contributed by atoms with Crippen LogP contribution in [0.15, 0.2) is 24.8 Å². The van der Waals surface area contributed by atoms with Crippen molar-refractivity contribution < 1.29 is 4.79 Å². The highest BCUT2D eigenvalue weighted by atomic mass is 16.1. The van der Waals surface area contributed by atoms with E-state index in [4.69, 9.17) is 5.73 Å². The summed E-state index contributed by atoms with van der Waals surface area (Å²) in [4.78, 5) is 10.6. The number of allylic oxidation sites excluding steroid dienone is 2. The van der Waals surface area contributed by atoms with Gasteiger partial charge in [-0.1, -0.05) is 39.8 Å². The van der Waals surface area contributed by atoms with E-state index < -0.39 is 0 Å². The summed E-state index contributed by atoms with van der Waals surface area (Å²) in [5, 5.41) is 0. The molecular formula is C14H25NO. The lowest BCUT2D eigenvalue weighted by molar-refractivity contribution is -0.113. The van der Waals surface area contributed by atoms with Crippen LogP contribution in [0.25, 0.3) is 0 Å². The molecule has 0 saturated heterocycles. The number of hydrogen-bond donors (Lipinski definition) is 1. The smallest absolute Gasteiger partial charge is 0.241 e. The quantitative estimate of drug-likeness (QED) is 0.579. The Labute approximate surface area is 99.6 Å². The van der Waals surface area contributed by atoms with Crippen molar-refractivity contribution in [1.29, 1.82) is 0 Å². The molecule has 1 amide bonds. The molecule has 2 nitrogen and oxygen atoms in total. The number of carbonyl (C=O) groups excluding carboxylic acids is 1. The van der Waals surface area contributed by atoms with Crippen LogP contribution in [0.5, 0.6) is 0 Å². The fourth-order valence-corrected chi connectivity index (χ4v) is 2.31. The van der Waals surface area contributed by atoms with Gasteiger partial charge in [0.15, 0.2) is 0 Å². The van der Waals surface area contributed by atoms with Gasteiger partial charge in [0.25, 0.3) is 0 Å². The molecule has 0 aromatic rings. The van der Waals surface area contributed by atoms with Crippen LogP contribution in [0.1, 0.15) is 34.1 Å². The van der Waals surface area contributed by atoms with Gasteiger partial charge in [0, 0.05) is 0 Å². The maximum Gasteiger partial charge on any atom is 0.241 e. The molecule has 1 aliphatic carbocycles. The van der Waals surface area contributed by atoms with Crippen LogP contribution in [-0.4, -0.2) is 5.91 Å². The highest BCUT2D eigenvalue weighted by Crippen LogP contribution is 2.42. The summed E-state index contributed by atoms with van der Waals surface area (Å²) >= 11 is 0. The average Bonchev–Trinajstić information content (AvgIpc) is 2.56. The second-order valence-corrected chi connectivity index (χ2v) is 4.28. The van der Waals surface area contributed by atoms with Crippen LogP contribution < -0.4 is 5.73 Å². The van der Waals surface area contributed by atoms with Crippen molar-refractivity contribution in [2.75, 3.05) is 0 Å². The Morgan fingerprint density at radius 2 is 1.75 bits per heavy atom. The monoisotopic (exact) mass is 223 g/mol. The molecule has 0 spiro atoms. The SMILES string of the molecule is C=CC1CC(/C=C/C(N)=O)C(C)C1C.CC. The fraction of sp³-hybridized carbons (Fsp3) is 0.643. The Morgan fingerprint density at radius 3 is 2.12 bits per heavy atom. The van der Waals surface area contributed by atoms with Gasteiger partial charge in [0.1, 0.15) is 0 Å². The van der Waals surface area contributed by atoms with Crippen LogP contribution in [0.4, 0.5) is 0 Å². The summed E-state index contributed by atoms with van der Waals surface area (Å²) in [7, 11) is 0. The molecule has 0 aliphatic heterocycles. The van der Waals surface area contributed by atoms with E-state index in [1.54, 1.807) is 0 Å². The van der Waals surface area contributed by atoms with Crippen molar-refractivity contribution in [1.82, 2.24) is 0 Å². The average molecular weight is 223 g/mol. The minimum absolute atomic E-state index is 0.355. The number of carbonyl (C=O) groups is 1. The largest absolute Gasteiger partial charge is 0.366 e. The van der Waals surface area contributed by atoms with Crippen LogP contribution >= 0.6 is 0 Å². The summed E-state index contributed by atoms with van der Waals surface area (Å²) in [6.07, 6.45) is 6.56. The third-order valence-corrected chi connectivity index (χ3v) is 3.53. The normalized spacial score (nSPS) is 33.2. The Morgan fingerprint density at radius 1 is 1.25 bits per heavy atom. The summed E-state index contributed by atoms with van der Waals surface area (Å²) in [6.45, 7) is 12.3. The summed E-state index contributed by atoms with van der Waals surface area (Å²) < 4.78 is 0. The fourth-order valence-electron chi connectivity index (χ4n) is 2.31. The second kappa shape index (κ2) is 7.26. The summed E-state index contributed by atoms with van der Waals surface area (Å²) in [6, 6.07) is 0. The van der Waals surface area contributed by atoms with Gasteiger partial charge in [-0.2, -0.15) is 0 Å². The third kappa shape index (κ3) is 3.84. The Balaban J connectivity index is 0.00000106. The van der Waals surface area contributed by atoms with E-state index in [0.717, 1.165) is 6.42 Å². The molecule has 92 valence electrons. The minimum atomic E-state index is -0.355. The van der Waals surface area contributed by atoms with E-state index in [1.807, 2.05) is 26.0 Å². The number of nitrogens with two attached hydrogens (primary N) is 1. The van der Waals surface area contributed by atoms with Crippen LogP contribution in [0, 0.1) is 23.7 Å². The van der Waals surface area contributed by atoms with Crippen LogP contribution in [0.2, 0.25) is 0 Å². The maximum atomic E-state index is 10.6. The van der Waals surface area contributed by atoms with Gasteiger partial charge in [-0.3, -0.25) is 4.79 Å². The molecule has 16 heavy (non-hydrogen) atoms. The molecule has 1 rings (SSSR count). The van der Waals surface area contributed by atoms with E-state index in [2.05, 4.69) is 20.4 Å². The minimum Gasteiger partial charge on any atom is -0.366 e. The zero-order valence-corrected chi connectivity index (χ0v) is 10.9. The Kier molecular flexibility index (Phi) is 6.78. The molecule has 1 saturated carbocycles. The van der Waals surface area contributed by atoms with Crippen molar-refractivity contribution in [2.45, 2.75) is 34.1 Å². The molecule has 0 aromatic heterocycles. The number of rotatable bonds is 3. The first-order valence-corrected chi connectivity index (χ1v) is 6.16. The zero-order valence-electron chi connectivity index (χ0n) is 10.9. The van der Waals surface area contributed by atoms with E-state index in [-0.39, 0.29) is 5.91 Å². The first-order valence-electron chi connectivity index (χ1n) is 6.16. The van der Waals surface area contributed by atoms with Gasteiger partial charge in [0.05, 0.1) is 0 Å². The second-order valence-electron chi connectivity index (χ2n) is 4.28. The van der Waals surface area contributed by atoms with Gasteiger partial charge >= 0.3 is 0 Å². The van der Waals surface area contributed by atoms with Gasteiger partial charge in [-0.25, -0.2) is 0 Å². The van der Waals surface area contributed by atoms with Crippen molar-refractivity contribution in [3.05, 3.63) is 24.8 Å². The van der Waals surface area contributed by atoms with E-state index in [1.165, 1.54) is 6.08 Å². The number of hydrogen-bond acceptors (Lipinski definition) is 1. The van der Waals surface area contributed by atoms with E-state index in [0.29, 0.717) is 23.7 Å². The molecular weight excluding hydrogens is 198 g/mol. The molecule has 4 atom stereocenters. The highest BCUT2D eigenvalue weighted by Gasteiger charge is 2.34. The molecule has 0 heterocycles. The lowest BCUT2D eigenvalue weighted by Crippen LogP contribution is -2.10. The predicted octanol–water partition coefficient (Wildman–Crippen LogP) is 3.15. The van der Waals surface area contributed by atoms with Gasteiger partial charge in [-0.05, 0) is 36.2 Å². The highest BCUT2D eigenvalue weighted by molar-refractivity contribution is 5.85. The molecule has 0 radical (unpaired) electrons. The standard InChI is InChI=1S/C12H19NO.C2H6/c1-4-10-7-11(5-6-12(13)14)9(3)8(10)2;1-2/h4-6,8-11H,1,7H2,2-3H3,(H2,13,14);1-2H3/b6-5+;.